The second-order valence-electron chi connectivity index (χ2n) is 4.04. The highest BCUT2D eigenvalue weighted by Crippen LogP contribution is 2.06. The van der Waals surface area contributed by atoms with Gasteiger partial charge < -0.3 is 5.32 Å². The normalized spacial score (nSPS) is 10.7. The summed E-state index contributed by atoms with van der Waals surface area (Å²) in [5.41, 5.74) is 0. The Labute approximate surface area is 90.1 Å². The first-order valence-electron chi connectivity index (χ1n) is 5.40. The summed E-state index contributed by atoms with van der Waals surface area (Å²) in [4.78, 5) is 7.63. The molecule has 4 heteroatoms. The van der Waals surface area contributed by atoms with E-state index >= 15 is 0 Å². The SMILES string of the molecule is CC(C)CCCCNc1ncc(F)cn1. The minimum Gasteiger partial charge on any atom is -0.354 e. The Morgan fingerprint density at radius 3 is 2.53 bits per heavy atom. The number of nitrogens with zero attached hydrogens (tertiary/aromatic N) is 2. The molecule has 3 nitrogen and oxygen atoms in total. The molecule has 1 aromatic heterocycles. The number of rotatable bonds is 6. The van der Waals surface area contributed by atoms with E-state index in [2.05, 4.69) is 29.1 Å². The van der Waals surface area contributed by atoms with E-state index in [1.807, 2.05) is 0 Å². The maximum Gasteiger partial charge on any atom is 0.222 e. The van der Waals surface area contributed by atoms with Crippen molar-refractivity contribution in [3.8, 4) is 0 Å². The van der Waals surface area contributed by atoms with Gasteiger partial charge in [-0.3, -0.25) is 0 Å². The Balaban J connectivity index is 2.12. The molecule has 15 heavy (non-hydrogen) atoms. The third kappa shape index (κ3) is 5.30. The molecule has 1 heterocycles. The number of halogens is 1. The lowest BCUT2D eigenvalue weighted by atomic mass is 10.1. The highest BCUT2D eigenvalue weighted by molar-refractivity contribution is 5.21. The predicted molar refractivity (Wildman–Crippen MR) is 59.2 cm³/mol. The molecule has 0 amide bonds. The summed E-state index contributed by atoms with van der Waals surface area (Å²) in [6.07, 6.45) is 5.88. The average molecular weight is 211 g/mol. The Kier molecular flexibility index (Phi) is 5.01. The average Bonchev–Trinajstić information content (AvgIpc) is 2.20. The van der Waals surface area contributed by atoms with E-state index in [-0.39, 0.29) is 0 Å². The van der Waals surface area contributed by atoms with Gasteiger partial charge in [0.05, 0.1) is 12.4 Å². The van der Waals surface area contributed by atoms with E-state index in [0.29, 0.717) is 5.95 Å². The Hall–Kier alpha value is -1.19. The van der Waals surface area contributed by atoms with Crippen LogP contribution in [0.1, 0.15) is 33.1 Å². The molecule has 0 fully saturated rings. The summed E-state index contributed by atoms with van der Waals surface area (Å²) in [6, 6.07) is 0. The fourth-order valence-electron chi connectivity index (χ4n) is 1.28. The van der Waals surface area contributed by atoms with Gasteiger partial charge in [0, 0.05) is 6.54 Å². The van der Waals surface area contributed by atoms with E-state index < -0.39 is 5.82 Å². The van der Waals surface area contributed by atoms with E-state index in [1.54, 1.807) is 0 Å². The Morgan fingerprint density at radius 1 is 1.27 bits per heavy atom. The number of aromatic nitrogens is 2. The number of hydrogen-bond acceptors (Lipinski definition) is 3. The lowest BCUT2D eigenvalue weighted by Gasteiger charge is -2.05. The minimum atomic E-state index is -0.402. The molecule has 0 aliphatic heterocycles. The van der Waals surface area contributed by atoms with Gasteiger partial charge in [-0.2, -0.15) is 0 Å². The first kappa shape index (κ1) is 11.9. The predicted octanol–water partition coefficient (Wildman–Crippen LogP) is 2.85. The summed E-state index contributed by atoms with van der Waals surface area (Å²) in [5, 5.41) is 3.06. The topological polar surface area (TPSA) is 37.8 Å². The van der Waals surface area contributed by atoms with Gasteiger partial charge in [-0.1, -0.05) is 26.7 Å². The molecular formula is C11H18FN3. The van der Waals surface area contributed by atoms with Crippen LogP contribution in [0.3, 0.4) is 0 Å². The van der Waals surface area contributed by atoms with Crippen molar-refractivity contribution in [1.82, 2.24) is 9.97 Å². The zero-order valence-corrected chi connectivity index (χ0v) is 9.33. The van der Waals surface area contributed by atoms with Gasteiger partial charge in [0.15, 0.2) is 5.82 Å². The molecule has 1 rings (SSSR count). The Bertz CT molecular complexity index is 272. The first-order valence-corrected chi connectivity index (χ1v) is 5.40. The van der Waals surface area contributed by atoms with Gasteiger partial charge in [-0.15, -0.1) is 0 Å². The zero-order chi connectivity index (χ0) is 11.1. The number of nitrogens with one attached hydrogen (secondary N) is 1. The molecule has 0 atom stereocenters. The van der Waals surface area contributed by atoms with Crippen LogP contribution in [0.4, 0.5) is 10.3 Å². The summed E-state index contributed by atoms with van der Waals surface area (Å²) < 4.78 is 12.5. The van der Waals surface area contributed by atoms with Crippen molar-refractivity contribution in [3.05, 3.63) is 18.2 Å². The van der Waals surface area contributed by atoms with Crippen molar-refractivity contribution < 1.29 is 4.39 Å². The minimum absolute atomic E-state index is 0.402. The third-order valence-corrected chi connectivity index (χ3v) is 2.11. The quantitative estimate of drug-likeness (QED) is 0.735. The third-order valence-electron chi connectivity index (χ3n) is 2.11. The summed E-state index contributed by atoms with van der Waals surface area (Å²) in [6.45, 7) is 5.28. The molecule has 0 saturated carbocycles. The van der Waals surface area contributed by atoms with Gasteiger partial charge >= 0.3 is 0 Å². The summed E-state index contributed by atoms with van der Waals surface area (Å²) in [5.74, 6) is 0.855. The number of anilines is 1. The van der Waals surface area contributed by atoms with Crippen molar-refractivity contribution >= 4 is 5.95 Å². The second-order valence-corrected chi connectivity index (χ2v) is 4.04. The smallest absolute Gasteiger partial charge is 0.222 e. The van der Waals surface area contributed by atoms with Crippen molar-refractivity contribution in [1.29, 1.82) is 0 Å². The lowest BCUT2D eigenvalue weighted by Crippen LogP contribution is -2.05. The van der Waals surface area contributed by atoms with Crippen molar-refractivity contribution in [2.24, 2.45) is 5.92 Å². The van der Waals surface area contributed by atoms with Crippen LogP contribution in [0, 0.1) is 11.7 Å². The van der Waals surface area contributed by atoms with Crippen LogP contribution in [0.25, 0.3) is 0 Å². The van der Waals surface area contributed by atoms with Crippen molar-refractivity contribution in [2.75, 3.05) is 11.9 Å². The van der Waals surface area contributed by atoms with Crippen LogP contribution in [0.2, 0.25) is 0 Å². The van der Waals surface area contributed by atoms with E-state index in [4.69, 9.17) is 0 Å². The molecule has 0 saturated heterocycles. The molecule has 1 aromatic rings. The summed E-state index contributed by atoms with van der Waals surface area (Å²) in [7, 11) is 0. The molecule has 0 aliphatic rings. The van der Waals surface area contributed by atoms with Gasteiger partial charge in [0.2, 0.25) is 5.95 Å². The molecule has 84 valence electrons. The second kappa shape index (κ2) is 6.32. The highest BCUT2D eigenvalue weighted by Gasteiger charge is 1.97. The van der Waals surface area contributed by atoms with Crippen LogP contribution in [0.5, 0.6) is 0 Å². The molecule has 0 aliphatic carbocycles. The summed E-state index contributed by atoms with van der Waals surface area (Å²) >= 11 is 0. The molecule has 0 bridgehead atoms. The van der Waals surface area contributed by atoms with E-state index in [9.17, 15) is 4.39 Å². The standard InChI is InChI=1S/C11H18FN3/c1-9(2)5-3-4-6-13-11-14-7-10(12)8-15-11/h7-9H,3-6H2,1-2H3,(H,13,14,15). The molecule has 0 spiro atoms. The van der Waals surface area contributed by atoms with Gasteiger partial charge in [0.1, 0.15) is 0 Å². The molecular weight excluding hydrogens is 193 g/mol. The molecule has 0 radical (unpaired) electrons. The van der Waals surface area contributed by atoms with E-state index in [1.165, 1.54) is 25.2 Å². The first-order chi connectivity index (χ1) is 7.18. The van der Waals surface area contributed by atoms with Crippen LogP contribution in [-0.2, 0) is 0 Å². The van der Waals surface area contributed by atoms with Crippen molar-refractivity contribution in [3.63, 3.8) is 0 Å². The molecule has 0 unspecified atom stereocenters. The van der Waals surface area contributed by atoms with Crippen LogP contribution >= 0.6 is 0 Å². The molecule has 1 N–H and O–H groups in total. The van der Waals surface area contributed by atoms with Gasteiger partial charge in [-0.05, 0) is 12.3 Å². The van der Waals surface area contributed by atoms with Gasteiger partial charge in [0.25, 0.3) is 0 Å². The maximum atomic E-state index is 12.5. The monoisotopic (exact) mass is 211 g/mol. The van der Waals surface area contributed by atoms with Crippen LogP contribution in [-0.4, -0.2) is 16.5 Å². The van der Waals surface area contributed by atoms with E-state index in [0.717, 1.165) is 18.9 Å². The van der Waals surface area contributed by atoms with Crippen LogP contribution in [0.15, 0.2) is 12.4 Å². The van der Waals surface area contributed by atoms with Crippen LogP contribution < -0.4 is 5.32 Å². The number of unbranched alkanes of at least 4 members (excludes halogenated alkanes) is 1. The van der Waals surface area contributed by atoms with Gasteiger partial charge in [-0.25, -0.2) is 14.4 Å². The number of hydrogen-bond donors (Lipinski definition) is 1. The molecule has 0 aromatic carbocycles. The highest BCUT2D eigenvalue weighted by atomic mass is 19.1. The fraction of sp³-hybridized carbons (Fsp3) is 0.636. The van der Waals surface area contributed by atoms with Crippen molar-refractivity contribution in [2.45, 2.75) is 33.1 Å². The zero-order valence-electron chi connectivity index (χ0n) is 9.33. The Morgan fingerprint density at radius 2 is 1.93 bits per heavy atom. The lowest BCUT2D eigenvalue weighted by molar-refractivity contribution is 0.544. The largest absolute Gasteiger partial charge is 0.354 e. The maximum absolute atomic E-state index is 12.5. The fourth-order valence-corrected chi connectivity index (χ4v) is 1.28.